The van der Waals surface area contributed by atoms with Gasteiger partial charge in [-0.2, -0.15) is 13.2 Å². The Bertz CT molecular complexity index is 460. The molecule has 17 heavy (non-hydrogen) atoms. The van der Waals surface area contributed by atoms with Gasteiger partial charge in [-0.25, -0.2) is 8.78 Å². The summed E-state index contributed by atoms with van der Waals surface area (Å²) in [4.78, 5) is 9.14. The van der Waals surface area contributed by atoms with Crippen LogP contribution in [0.15, 0.2) is 12.1 Å². The summed E-state index contributed by atoms with van der Waals surface area (Å²) in [6.45, 7) is 0. The Morgan fingerprint density at radius 1 is 1.29 bits per heavy atom. The monoisotopic (exact) mass is 275 g/mol. The first-order valence-corrected chi connectivity index (χ1v) is 4.35. The molecule has 94 valence electrons. The topological polar surface area (TPSA) is 43.1 Å². The lowest BCUT2D eigenvalue weighted by Gasteiger charge is -2.10. The number of alkyl halides is 5. The van der Waals surface area contributed by atoms with E-state index in [1.54, 1.807) is 0 Å². The lowest BCUT2D eigenvalue weighted by atomic mass is 10.1. The van der Waals surface area contributed by atoms with Crippen LogP contribution in [0.25, 0.3) is 0 Å². The second kappa shape index (κ2) is 4.44. The van der Waals surface area contributed by atoms with Crippen LogP contribution in [-0.4, -0.2) is 4.92 Å². The molecule has 0 saturated carbocycles. The molecule has 0 N–H and O–H groups in total. The molecule has 0 spiro atoms. The largest absolute Gasteiger partial charge is 0.416 e. The maximum atomic E-state index is 12.4. The smallest absolute Gasteiger partial charge is 0.258 e. The zero-order valence-electron chi connectivity index (χ0n) is 7.76. The second-order valence-electron chi connectivity index (χ2n) is 2.95. The van der Waals surface area contributed by atoms with Gasteiger partial charge in [0, 0.05) is 11.6 Å². The van der Waals surface area contributed by atoms with Gasteiger partial charge in [0.05, 0.1) is 10.5 Å². The molecule has 0 amide bonds. The third-order valence-electron chi connectivity index (χ3n) is 1.84. The zero-order valence-corrected chi connectivity index (χ0v) is 8.52. The van der Waals surface area contributed by atoms with Crippen LogP contribution in [0, 0.1) is 10.1 Å². The van der Waals surface area contributed by atoms with E-state index in [4.69, 9.17) is 11.6 Å². The lowest BCUT2D eigenvalue weighted by molar-refractivity contribution is -0.385. The van der Waals surface area contributed by atoms with Gasteiger partial charge >= 0.3 is 6.18 Å². The lowest BCUT2D eigenvalue weighted by Crippen LogP contribution is -2.07. The van der Waals surface area contributed by atoms with Crippen molar-refractivity contribution in [2.45, 2.75) is 12.6 Å². The highest BCUT2D eigenvalue weighted by Crippen LogP contribution is 2.40. The molecule has 0 atom stereocenters. The molecule has 0 bridgehead atoms. The summed E-state index contributed by atoms with van der Waals surface area (Å²) < 4.78 is 61.6. The summed E-state index contributed by atoms with van der Waals surface area (Å²) in [6, 6.07) is 0.216. The molecule has 1 aromatic rings. The van der Waals surface area contributed by atoms with Crippen molar-refractivity contribution in [2.24, 2.45) is 0 Å². The molecule has 1 aromatic carbocycles. The van der Waals surface area contributed by atoms with E-state index in [2.05, 4.69) is 0 Å². The number of hydrogen-bond acceptors (Lipinski definition) is 2. The Morgan fingerprint density at radius 3 is 2.18 bits per heavy atom. The molecule has 0 fully saturated rings. The number of halogens is 6. The standard InChI is InChI=1S/C8H3ClF5NO2/c9-6-4(7(10)11)1-3(8(12,13)14)2-5(6)15(16)17/h1-2,7H. The molecule has 0 aliphatic carbocycles. The molecule has 0 aliphatic heterocycles. The van der Waals surface area contributed by atoms with Gasteiger partial charge in [-0.05, 0) is 6.07 Å². The van der Waals surface area contributed by atoms with Gasteiger partial charge in [-0.15, -0.1) is 0 Å². The Kier molecular flexibility index (Phi) is 3.56. The van der Waals surface area contributed by atoms with Crippen LogP contribution in [-0.2, 0) is 6.18 Å². The molecule has 0 heterocycles. The van der Waals surface area contributed by atoms with Gasteiger partial charge in [-0.3, -0.25) is 10.1 Å². The van der Waals surface area contributed by atoms with E-state index < -0.39 is 39.4 Å². The molecule has 0 unspecified atom stereocenters. The predicted molar refractivity (Wildman–Crippen MR) is 48.1 cm³/mol. The van der Waals surface area contributed by atoms with Gasteiger partial charge in [0.2, 0.25) is 0 Å². The first-order chi connectivity index (χ1) is 7.64. The summed E-state index contributed by atoms with van der Waals surface area (Å²) in [7, 11) is 0. The van der Waals surface area contributed by atoms with Crippen LogP contribution in [0.4, 0.5) is 27.6 Å². The van der Waals surface area contributed by atoms with Crippen molar-refractivity contribution >= 4 is 17.3 Å². The van der Waals surface area contributed by atoms with Crippen LogP contribution in [0.2, 0.25) is 5.02 Å². The predicted octanol–water partition coefficient (Wildman–Crippen LogP) is 4.20. The minimum atomic E-state index is -4.96. The maximum Gasteiger partial charge on any atom is 0.416 e. The molecule has 1 rings (SSSR count). The van der Waals surface area contributed by atoms with E-state index in [-0.39, 0.29) is 12.1 Å². The van der Waals surface area contributed by atoms with Crippen LogP contribution >= 0.6 is 11.6 Å². The molecule has 0 aliphatic rings. The van der Waals surface area contributed by atoms with Crippen molar-refractivity contribution in [3.05, 3.63) is 38.4 Å². The van der Waals surface area contributed by atoms with Gasteiger partial charge < -0.3 is 0 Å². The molecular formula is C8H3ClF5NO2. The van der Waals surface area contributed by atoms with Crippen molar-refractivity contribution < 1.29 is 26.9 Å². The fourth-order valence-electron chi connectivity index (χ4n) is 1.09. The third kappa shape index (κ3) is 2.82. The molecule has 9 heteroatoms. The Balaban J connectivity index is 3.53. The van der Waals surface area contributed by atoms with Gasteiger partial charge in [0.15, 0.2) is 0 Å². The number of benzene rings is 1. The average molecular weight is 276 g/mol. The molecular weight excluding hydrogens is 273 g/mol. The normalized spacial score (nSPS) is 11.9. The maximum absolute atomic E-state index is 12.4. The highest BCUT2D eigenvalue weighted by atomic mass is 35.5. The van der Waals surface area contributed by atoms with E-state index >= 15 is 0 Å². The highest BCUT2D eigenvalue weighted by molar-refractivity contribution is 6.33. The van der Waals surface area contributed by atoms with Gasteiger partial charge in [0.1, 0.15) is 5.02 Å². The first kappa shape index (κ1) is 13.6. The average Bonchev–Trinajstić information content (AvgIpc) is 2.14. The van der Waals surface area contributed by atoms with E-state index in [1.807, 2.05) is 0 Å². The second-order valence-corrected chi connectivity index (χ2v) is 3.33. The SMILES string of the molecule is O=[N+]([O-])c1cc(C(F)(F)F)cc(C(F)F)c1Cl. The van der Waals surface area contributed by atoms with Crippen LogP contribution < -0.4 is 0 Å². The fraction of sp³-hybridized carbons (Fsp3) is 0.250. The third-order valence-corrected chi connectivity index (χ3v) is 2.25. The van der Waals surface area contributed by atoms with Crippen molar-refractivity contribution in [3.8, 4) is 0 Å². The van der Waals surface area contributed by atoms with Crippen LogP contribution in [0.5, 0.6) is 0 Å². The van der Waals surface area contributed by atoms with Crippen LogP contribution in [0.1, 0.15) is 17.6 Å². The van der Waals surface area contributed by atoms with E-state index in [0.29, 0.717) is 0 Å². The fourth-order valence-corrected chi connectivity index (χ4v) is 1.35. The number of nitro groups is 1. The van der Waals surface area contributed by atoms with E-state index in [1.165, 1.54) is 0 Å². The first-order valence-electron chi connectivity index (χ1n) is 3.97. The minimum Gasteiger partial charge on any atom is -0.258 e. The quantitative estimate of drug-likeness (QED) is 0.461. The van der Waals surface area contributed by atoms with Crippen LogP contribution in [0.3, 0.4) is 0 Å². The summed E-state index contributed by atoms with van der Waals surface area (Å²) in [6.07, 6.45) is -8.29. The highest BCUT2D eigenvalue weighted by Gasteiger charge is 2.35. The zero-order chi connectivity index (χ0) is 13.4. The van der Waals surface area contributed by atoms with Crippen molar-refractivity contribution in [2.75, 3.05) is 0 Å². The number of nitrogens with zero attached hydrogens (tertiary/aromatic N) is 1. The minimum absolute atomic E-state index is 0.0972. The van der Waals surface area contributed by atoms with E-state index in [0.717, 1.165) is 0 Å². The summed E-state index contributed by atoms with van der Waals surface area (Å²) in [5.41, 5.74) is -3.95. The Morgan fingerprint density at radius 2 is 1.82 bits per heavy atom. The number of nitro benzene ring substituents is 1. The van der Waals surface area contributed by atoms with Crippen molar-refractivity contribution in [1.29, 1.82) is 0 Å². The summed E-state index contributed by atoms with van der Waals surface area (Å²) in [5.74, 6) is 0. The number of rotatable bonds is 2. The molecule has 3 nitrogen and oxygen atoms in total. The van der Waals surface area contributed by atoms with Gasteiger partial charge in [-0.1, -0.05) is 11.6 Å². The van der Waals surface area contributed by atoms with Crippen molar-refractivity contribution in [3.63, 3.8) is 0 Å². The molecule has 0 aromatic heterocycles. The Hall–Kier alpha value is -1.44. The molecule has 0 radical (unpaired) electrons. The van der Waals surface area contributed by atoms with Crippen molar-refractivity contribution in [1.82, 2.24) is 0 Å². The summed E-state index contributed by atoms with van der Waals surface area (Å²) in [5, 5.41) is 9.40. The molecule has 0 saturated heterocycles. The summed E-state index contributed by atoms with van der Waals surface area (Å²) >= 11 is 5.23. The van der Waals surface area contributed by atoms with E-state index in [9.17, 15) is 32.1 Å². The van der Waals surface area contributed by atoms with Gasteiger partial charge in [0.25, 0.3) is 12.1 Å². The number of hydrogen-bond donors (Lipinski definition) is 0. The Labute approximate surface area is 95.9 Å².